The molecule has 3 aromatic rings. The zero-order valence-electron chi connectivity index (χ0n) is 19.0. The molecule has 0 heterocycles. The Morgan fingerprint density at radius 1 is 0.909 bits per heavy atom. The third kappa shape index (κ3) is 6.11. The zero-order chi connectivity index (χ0) is 23.7. The maximum Gasteiger partial charge on any atom is 0.271 e. The quantitative estimate of drug-likeness (QED) is 0.279. The molecule has 0 N–H and O–H groups in total. The average Bonchev–Trinajstić information content (AvgIpc) is 2.84. The van der Waals surface area contributed by atoms with E-state index in [1.54, 1.807) is 36.4 Å². The van der Waals surface area contributed by atoms with Crippen molar-refractivity contribution in [1.29, 1.82) is 0 Å². The van der Waals surface area contributed by atoms with Crippen LogP contribution in [0.3, 0.4) is 0 Å². The molecule has 0 aliphatic heterocycles. The molecule has 3 aromatic carbocycles. The molecule has 0 fully saturated rings. The molecule has 33 heavy (non-hydrogen) atoms. The highest BCUT2D eigenvalue weighted by Gasteiger charge is 2.29. The molecular weight excluding hydrogens is 434 g/mol. The van der Waals surface area contributed by atoms with Gasteiger partial charge in [-0.3, -0.25) is 4.79 Å². The lowest BCUT2D eigenvalue weighted by Gasteiger charge is -2.21. The molecule has 0 aliphatic rings. The van der Waals surface area contributed by atoms with E-state index in [4.69, 9.17) is 4.74 Å². The van der Waals surface area contributed by atoms with Gasteiger partial charge in [0, 0.05) is 11.6 Å². The predicted molar refractivity (Wildman–Crippen MR) is 133 cm³/mol. The number of aryl methyl sites for hydroxylation is 1. The van der Waals surface area contributed by atoms with E-state index in [2.05, 4.69) is 6.92 Å². The third-order valence-corrected chi connectivity index (χ3v) is 6.88. The van der Waals surface area contributed by atoms with E-state index in [0.717, 1.165) is 29.1 Å². The highest BCUT2D eigenvalue weighted by molar-refractivity contribution is 7.93. The van der Waals surface area contributed by atoms with Crippen LogP contribution in [0.25, 0.3) is 6.08 Å². The number of para-hydroxylation sites is 1. The number of hydrogen-bond acceptors (Lipinski definition) is 4. The van der Waals surface area contributed by atoms with Gasteiger partial charge in [-0.05, 0) is 54.8 Å². The second-order valence-corrected chi connectivity index (χ2v) is 9.30. The number of sulfonamides is 1. The first-order chi connectivity index (χ1) is 16.0. The summed E-state index contributed by atoms with van der Waals surface area (Å²) in [6.45, 7) is 4.68. The first kappa shape index (κ1) is 24.3. The number of rotatable bonds is 10. The summed E-state index contributed by atoms with van der Waals surface area (Å²) < 4.78 is 33.5. The van der Waals surface area contributed by atoms with Crippen molar-refractivity contribution in [3.8, 4) is 5.75 Å². The van der Waals surface area contributed by atoms with Crippen LogP contribution in [-0.4, -0.2) is 20.9 Å². The molecule has 0 radical (unpaired) electrons. The summed E-state index contributed by atoms with van der Waals surface area (Å²) in [5.41, 5.74) is 2.05. The van der Waals surface area contributed by atoms with Gasteiger partial charge in [0.1, 0.15) is 5.75 Å². The largest absolute Gasteiger partial charge is 0.493 e. The van der Waals surface area contributed by atoms with E-state index in [0.29, 0.717) is 17.9 Å². The maximum absolute atomic E-state index is 13.4. The minimum atomic E-state index is -4.10. The Kier molecular flexibility index (Phi) is 8.44. The molecule has 0 saturated heterocycles. The monoisotopic (exact) mass is 463 g/mol. The molecule has 5 nitrogen and oxygen atoms in total. The molecule has 0 bridgehead atoms. The number of amides is 1. The first-order valence-electron chi connectivity index (χ1n) is 11.1. The summed E-state index contributed by atoms with van der Waals surface area (Å²) in [7, 11) is -4.10. The van der Waals surface area contributed by atoms with Gasteiger partial charge in [-0.2, -0.15) is 4.31 Å². The molecule has 0 saturated carbocycles. The molecule has 0 aromatic heterocycles. The first-order valence-corrected chi connectivity index (χ1v) is 12.5. The molecule has 3 rings (SSSR count). The van der Waals surface area contributed by atoms with E-state index in [9.17, 15) is 13.2 Å². The Bertz CT molecular complexity index is 1190. The van der Waals surface area contributed by atoms with E-state index in [-0.39, 0.29) is 10.6 Å². The van der Waals surface area contributed by atoms with Crippen LogP contribution in [0.2, 0.25) is 0 Å². The zero-order valence-corrected chi connectivity index (χ0v) is 19.8. The average molecular weight is 464 g/mol. The molecule has 1 amide bonds. The van der Waals surface area contributed by atoms with Crippen molar-refractivity contribution in [3.05, 3.63) is 96.1 Å². The summed E-state index contributed by atoms with van der Waals surface area (Å²) in [6.07, 6.45) is 5.62. The molecular formula is C27H29NO4S. The second-order valence-electron chi connectivity index (χ2n) is 7.51. The van der Waals surface area contributed by atoms with Crippen LogP contribution in [0, 0.1) is 0 Å². The lowest BCUT2D eigenvalue weighted by Crippen LogP contribution is -2.35. The summed E-state index contributed by atoms with van der Waals surface area (Å²) >= 11 is 0. The molecule has 6 heteroatoms. The van der Waals surface area contributed by atoms with Gasteiger partial charge < -0.3 is 4.74 Å². The van der Waals surface area contributed by atoms with Crippen molar-refractivity contribution in [2.24, 2.45) is 0 Å². The lowest BCUT2D eigenvalue weighted by atomic mass is 10.1. The summed E-state index contributed by atoms with van der Waals surface area (Å²) in [4.78, 5) is 13.3. The second kappa shape index (κ2) is 11.5. The smallest absolute Gasteiger partial charge is 0.271 e. The lowest BCUT2D eigenvalue weighted by molar-refractivity contribution is -0.113. The van der Waals surface area contributed by atoms with Gasteiger partial charge in [0.15, 0.2) is 0 Å². The van der Waals surface area contributed by atoms with E-state index in [1.165, 1.54) is 18.2 Å². The maximum atomic E-state index is 13.4. The van der Waals surface area contributed by atoms with Crippen LogP contribution in [0.4, 0.5) is 5.69 Å². The van der Waals surface area contributed by atoms with E-state index < -0.39 is 15.9 Å². The topological polar surface area (TPSA) is 63.7 Å². The van der Waals surface area contributed by atoms with Gasteiger partial charge in [0.25, 0.3) is 15.9 Å². The van der Waals surface area contributed by atoms with Gasteiger partial charge in [-0.1, -0.05) is 68.8 Å². The summed E-state index contributed by atoms with van der Waals surface area (Å²) in [5, 5.41) is 0. The van der Waals surface area contributed by atoms with Crippen molar-refractivity contribution < 1.29 is 17.9 Å². The van der Waals surface area contributed by atoms with E-state index in [1.807, 2.05) is 43.3 Å². The van der Waals surface area contributed by atoms with E-state index >= 15 is 0 Å². The van der Waals surface area contributed by atoms with Crippen LogP contribution < -0.4 is 9.04 Å². The van der Waals surface area contributed by atoms with Crippen LogP contribution >= 0.6 is 0 Å². The number of ether oxygens (including phenoxy) is 1. The summed E-state index contributed by atoms with van der Waals surface area (Å²) in [6, 6.07) is 22.3. The van der Waals surface area contributed by atoms with Gasteiger partial charge in [0.2, 0.25) is 0 Å². The fourth-order valence-corrected chi connectivity index (χ4v) is 4.66. The normalized spacial score (nSPS) is 11.5. The van der Waals surface area contributed by atoms with Crippen LogP contribution in [0.5, 0.6) is 5.75 Å². The predicted octanol–water partition coefficient (Wildman–Crippen LogP) is 5.86. The number of benzene rings is 3. The summed E-state index contributed by atoms with van der Waals surface area (Å²) in [5.74, 6) is -0.00812. The van der Waals surface area contributed by atoms with Crippen LogP contribution in [-0.2, 0) is 21.2 Å². The molecule has 0 unspecified atom stereocenters. The van der Waals surface area contributed by atoms with Crippen molar-refractivity contribution >= 4 is 27.7 Å². The molecule has 0 spiro atoms. The van der Waals surface area contributed by atoms with Gasteiger partial charge in [-0.15, -0.1) is 0 Å². The Hall–Kier alpha value is -3.38. The van der Waals surface area contributed by atoms with Gasteiger partial charge in [-0.25, -0.2) is 8.42 Å². The Morgan fingerprint density at radius 3 is 2.24 bits per heavy atom. The van der Waals surface area contributed by atoms with Crippen LogP contribution in [0.15, 0.2) is 89.8 Å². The highest BCUT2D eigenvalue weighted by atomic mass is 32.2. The van der Waals surface area contributed by atoms with Crippen molar-refractivity contribution in [2.75, 3.05) is 10.9 Å². The fourth-order valence-electron chi connectivity index (χ4n) is 3.25. The van der Waals surface area contributed by atoms with Crippen molar-refractivity contribution in [1.82, 2.24) is 0 Å². The Balaban J connectivity index is 1.97. The molecule has 0 atom stereocenters. The fraction of sp³-hybridized carbons (Fsp3) is 0.222. The number of unbranched alkanes of at least 4 members (excludes halogenated alkanes) is 1. The standard InChI is InChI=1S/C27H29NO4S/c1-3-5-21-32-26-14-10-9-11-23(26)17-20-27(29)28(24-18-15-22(4-2)16-19-24)33(30,31)25-12-7-6-8-13-25/h6-20H,3-5,21H2,1-2H3/b20-17+. The Labute approximate surface area is 196 Å². The molecule has 0 aliphatic carbocycles. The van der Waals surface area contributed by atoms with Crippen molar-refractivity contribution in [3.63, 3.8) is 0 Å². The highest BCUT2D eigenvalue weighted by Crippen LogP contribution is 2.26. The number of anilines is 1. The molecule has 172 valence electrons. The van der Waals surface area contributed by atoms with Crippen molar-refractivity contribution in [2.45, 2.75) is 38.0 Å². The van der Waals surface area contributed by atoms with Crippen LogP contribution in [0.1, 0.15) is 37.8 Å². The number of carbonyl (C=O) groups excluding carboxylic acids is 1. The SMILES string of the molecule is CCCCOc1ccccc1/C=C/C(=O)N(c1ccc(CC)cc1)S(=O)(=O)c1ccccc1. The Morgan fingerprint density at radius 2 is 1.58 bits per heavy atom. The number of carbonyl (C=O) groups is 1. The third-order valence-electron chi connectivity index (χ3n) is 5.14. The number of nitrogens with zero attached hydrogens (tertiary/aromatic N) is 1. The minimum absolute atomic E-state index is 0.0506. The van der Waals surface area contributed by atoms with Gasteiger partial charge >= 0.3 is 0 Å². The minimum Gasteiger partial charge on any atom is -0.493 e. The van der Waals surface area contributed by atoms with Gasteiger partial charge in [0.05, 0.1) is 17.2 Å². The number of hydrogen-bond donors (Lipinski definition) is 0.